The first kappa shape index (κ1) is 14.3. The third-order valence-corrected chi connectivity index (χ3v) is 5.21. The molecule has 2 N–H and O–H groups in total. The van der Waals surface area contributed by atoms with Gasteiger partial charge in [0, 0.05) is 4.47 Å². The van der Waals surface area contributed by atoms with Crippen LogP contribution in [0, 0.1) is 17.7 Å². The normalized spacial score (nSPS) is 28.4. The van der Waals surface area contributed by atoms with Crippen LogP contribution in [0.1, 0.15) is 19.3 Å². The first-order valence-electron chi connectivity index (χ1n) is 6.75. The van der Waals surface area contributed by atoms with Gasteiger partial charge in [-0.25, -0.2) is 4.39 Å². The molecule has 108 valence electrons. The molecule has 1 heterocycles. The summed E-state index contributed by atoms with van der Waals surface area (Å²) in [5, 5.41) is 6.30. The fourth-order valence-corrected chi connectivity index (χ4v) is 4.24. The van der Waals surface area contributed by atoms with Gasteiger partial charge in [0.1, 0.15) is 5.82 Å². The molecule has 3 rings (SSSR count). The van der Waals surface area contributed by atoms with Gasteiger partial charge in [0.2, 0.25) is 5.91 Å². The second kappa shape index (κ2) is 5.62. The van der Waals surface area contributed by atoms with Gasteiger partial charge in [-0.15, -0.1) is 0 Å². The van der Waals surface area contributed by atoms with E-state index < -0.39 is 5.82 Å². The number of anilines is 1. The van der Waals surface area contributed by atoms with Crippen LogP contribution >= 0.6 is 27.5 Å². The standard InChI is InChI=1S/C14H15BrClFN2O/c15-10-4-8(17)5-11(16)13(10)19-14(20)12-9-3-1-2-7(9)6-18-12/h4-5,7,9,12,18H,1-3,6H2,(H,19,20). The highest BCUT2D eigenvalue weighted by Crippen LogP contribution is 2.39. The van der Waals surface area contributed by atoms with Crippen molar-refractivity contribution in [1.82, 2.24) is 5.32 Å². The van der Waals surface area contributed by atoms with Crippen molar-refractivity contribution >= 4 is 39.1 Å². The number of halogens is 3. The second-order valence-corrected chi connectivity index (χ2v) is 6.74. The van der Waals surface area contributed by atoms with Gasteiger partial charge in [0.25, 0.3) is 0 Å². The Kier molecular flexibility index (Phi) is 4.02. The van der Waals surface area contributed by atoms with Crippen molar-refractivity contribution in [2.45, 2.75) is 25.3 Å². The van der Waals surface area contributed by atoms with E-state index in [1.807, 2.05) is 0 Å². The van der Waals surface area contributed by atoms with Crippen molar-refractivity contribution in [1.29, 1.82) is 0 Å². The molecule has 3 atom stereocenters. The molecule has 6 heteroatoms. The van der Waals surface area contributed by atoms with Crippen molar-refractivity contribution < 1.29 is 9.18 Å². The number of amides is 1. The smallest absolute Gasteiger partial charge is 0.241 e. The molecule has 2 aliphatic rings. The molecule has 1 saturated carbocycles. The van der Waals surface area contributed by atoms with Crippen LogP contribution in [-0.4, -0.2) is 18.5 Å². The fraction of sp³-hybridized carbons (Fsp3) is 0.500. The Balaban J connectivity index is 1.76. The fourth-order valence-electron chi connectivity index (χ4n) is 3.34. The summed E-state index contributed by atoms with van der Waals surface area (Å²) in [4.78, 5) is 12.4. The number of benzene rings is 1. The van der Waals surface area contributed by atoms with Crippen LogP contribution in [0.2, 0.25) is 5.02 Å². The van der Waals surface area contributed by atoms with E-state index in [1.54, 1.807) is 0 Å². The number of hydrogen-bond donors (Lipinski definition) is 2. The number of carbonyl (C=O) groups excluding carboxylic acids is 1. The van der Waals surface area contributed by atoms with E-state index in [4.69, 9.17) is 11.6 Å². The van der Waals surface area contributed by atoms with E-state index in [-0.39, 0.29) is 17.0 Å². The van der Waals surface area contributed by atoms with Crippen molar-refractivity contribution in [3.63, 3.8) is 0 Å². The third kappa shape index (κ3) is 2.59. The van der Waals surface area contributed by atoms with Gasteiger partial charge in [-0.1, -0.05) is 18.0 Å². The molecule has 0 spiro atoms. The largest absolute Gasteiger partial charge is 0.322 e. The van der Waals surface area contributed by atoms with Crippen LogP contribution in [0.5, 0.6) is 0 Å². The molecule has 0 bridgehead atoms. The van der Waals surface area contributed by atoms with E-state index >= 15 is 0 Å². The Morgan fingerprint density at radius 1 is 1.45 bits per heavy atom. The van der Waals surface area contributed by atoms with Crippen LogP contribution in [0.3, 0.4) is 0 Å². The number of hydrogen-bond acceptors (Lipinski definition) is 2. The maximum atomic E-state index is 13.2. The van der Waals surface area contributed by atoms with Crippen LogP contribution in [0.25, 0.3) is 0 Å². The highest BCUT2D eigenvalue weighted by atomic mass is 79.9. The molecule has 2 fully saturated rings. The summed E-state index contributed by atoms with van der Waals surface area (Å²) in [6.07, 6.45) is 3.48. The molecule has 1 aromatic carbocycles. The molecule has 1 amide bonds. The molecular weight excluding hydrogens is 347 g/mol. The maximum Gasteiger partial charge on any atom is 0.241 e. The molecule has 1 aromatic rings. The minimum atomic E-state index is -0.435. The van der Waals surface area contributed by atoms with Crippen LogP contribution in [0.15, 0.2) is 16.6 Å². The quantitative estimate of drug-likeness (QED) is 0.845. The zero-order chi connectivity index (χ0) is 14.3. The van der Waals surface area contributed by atoms with Crippen LogP contribution in [0.4, 0.5) is 10.1 Å². The van der Waals surface area contributed by atoms with Gasteiger partial charge >= 0.3 is 0 Å². The van der Waals surface area contributed by atoms with Crippen molar-refractivity contribution in [2.75, 3.05) is 11.9 Å². The minimum Gasteiger partial charge on any atom is -0.322 e. The molecule has 1 aliphatic carbocycles. The molecule has 20 heavy (non-hydrogen) atoms. The SMILES string of the molecule is O=C(Nc1c(Cl)cc(F)cc1Br)C1NCC2CCCC21. The Morgan fingerprint density at radius 2 is 2.25 bits per heavy atom. The zero-order valence-corrected chi connectivity index (χ0v) is 13.1. The lowest BCUT2D eigenvalue weighted by Crippen LogP contribution is -2.39. The molecule has 1 saturated heterocycles. The summed E-state index contributed by atoms with van der Waals surface area (Å²) in [7, 11) is 0. The highest BCUT2D eigenvalue weighted by Gasteiger charge is 2.42. The molecular formula is C14H15BrClFN2O. The van der Waals surface area contributed by atoms with Crippen LogP contribution < -0.4 is 10.6 Å². The van der Waals surface area contributed by atoms with E-state index in [0.29, 0.717) is 22.0 Å². The lowest BCUT2D eigenvalue weighted by atomic mass is 9.93. The number of fused-ring (bicyclic) bond motifs is 1. The topological polar surface area (TPSA) is 41.1 Å². The molecule has 3 unspecified atom stereocenters. The summed E-state index contributed by atoms with van der Waals surface area (Å²) in [6, 6.07) is 2.32. The number of carbonyl (C=O) groups is 1. The minimum absolute atomic E-state index is 0.0893. The molecule has 3 nitrogen and oxygen atoms in total. The Labute approximate surface area is 130 Å². The Bertz CT molecular complexity index is 531. The van der Waals surface area contributed by atoms with Crippen molar-refractivity contribution in [3.05, 3.63) is 27.4 Å². The molecule has 0 radical (unpaired) electrons. The zero-order valence-electron chi connectivity index (χ0n) is 10.8. The van der Waals surface area contributed by atoms with Crippen molar-refractivity contribution in [2.24, 2.45) is 11.8 Å². The summed E-state index contributed by atoms with van der Waals surface area (Å²) in [5.41, 5.74) is 0.432. The monoisotopic (exact) mass is 360 g/mol. The second-order valence-electron chi connectivity index (χ2n) is 5.47. The highest BCUT2D eigenvalue weighted by molar-refractivity contribution is 9.10. The van der Waals surface area contributed by atoms with E-state index in [9.17, 15) is 9.18 Å². The van der Waals surface area contributed by atoms with Gasteiger partial charge in [0.05, 0.1) is 16.8 Å². The number of rotatable bonds is 2. The van der Waals surface area contributed by atoms with Crippen molar-refractivity contribution in [3.8, 4) is 0 Å². The summed E-state index contributed by atoms with van der Waals surface area (Å²) in [6.45, 7) is 0.904. The van der Waals surface area contributed by atoms with Gasteiger partial charge < -0.3 is 10.6 Å². The lowest BCUT2D eigenvalue weighted by molar-refractivity contribution is -0.118. The predicted molar refractivity (Wildman–Crippen MR) is 80.4 cm³/mol. The van der Waals surface area contributed by atoms with E-state index in [0.717, 1.165) is 13.0 Å². The third-order valence-electron chi connectivity index (χ3n) is 4.28. The Morgan fingerprint density at radius 3 is 3.00 bits per heavy atom. The summed E-state index contributed by atoms with van der Waals surface area (Å²) >= 11 is 9.22. The van der Waals surface area contributed by atoms with Gasteiger partial charge in [-0.3, -0.25) is 4.79 Å². The molecule has 1 aliphatic heterocycles. The van der Waals surface area contributed by atoms with Gasteiger partial charge in [-0.2, -0.15) is 0 Å². The van der Waals surface area contributed by atoms with E-state index in [2.05, 4.69) is 26.6 Å². The van der Waals surface area contributed by atoms with E-state index in [1.165, 1.54) is 25.0 Å². The molecule has 0 aromatic heterocycles. The average molecular weight is 362 g/mol. The Hall–Kier alpha value is -0.650. The first-order chi connectivity index (χ1) is 9.56. The summed E-state index contributed by atoms with van der Waals surface area (Å²) < 4.78 is 13.6. The number of nitrogens with one attached hydrogen (secondary N) is 2. The predicted octanol–water partition coefficient (Wildman–Crippen LogP) is 3.57. The van der Waals surface area contributed by atoms with Gasteiger partial charge in [0.15, 0.2) is 0 Å². The van der Waals surface area contributed by atoms with Crippen LogP contribution in [-0.2, 0) is 4.79 Å². The average Bonchev–Trinajstić information content (AvgIpc) is 2.95. The maximum absolute atomic E-state index is 13.2. The lowest BCUT2D eigenvalue weighted by Gasteiger charge is -2.19. The summed E-state index contributed by atoms with van der Waals surface area (Å²) in [5.74, 6) is 0.495. The first-order valence-corrected chi connectivity index (χ1v) is 7.92. The van der Waals surface area contributed by atoms with Gasteiger partial charge in [-0.05, 0) is 59.3 Å².